The standard InChI is InChI=1S/C18H26N2O/c21-18(11-8-14-4-1-2-5-14)20-17-7-3-6-15(12-17)13-19-16-9-10-16/h3,6-7,12,14,16,19H,1-2,4-5,8-11,13H2,(H,20,21). The number of rotatable bonds is 7. The lowest BCUT2D eigenvalue weighted by molar-refractivity contribution is -0.116. The van der Waals surface area contributed by atoms with Crippen molar-refractivity contribution in [2.24, 2.45) is 5.92 Å². The van der Waals surface area contributed by atoms with Gasteiger partial charge in [-0.2, -0.15) is 0 Å². The van der Waals surface area contributed by atoms with E-state index in [0.717, 1.165) is 30.6 Å². The monoisotopic (exact) mass is 286 g/mol. The van der Waals surface area contributed by atoms with Gasteiger partial charge in [-0.1, -0.05) is 37.8 Å². The predicted molar refractivity (Wildman–Crippen MR) is 86.1 cm³/mol. The molecule has 2 N–H and O–H groups in total. The van der Waals surface area contributed by atoms with Crippen LogP contribution in [-0.4, -0.2) is 11.9 Å². The van der Waals surface area contributed by atoms with Gasteiger partial charge in [0.15, 0.2) is 0 Å². The van der Waals surface area contributed by atoms with Crippen LogP contribution in [0.1, 0.15) is 56.9 Å². The first-order valence-electron chi connectivity index (χ1n) is 8.42. The Morgan fingerprint density at radius 2 is 1.95 bits per heavy atom. The van der Waals surface area contributed by atoms with Crippen LogP contribution in [0.25, 0.3) is 0 Å². The number of nitrogens with one attached hydrogen (secondary N) is 2. The van der Waals surface area contributed by atoms with E-state index in [1.54, 1.807) is 0 Å². The maximum atomic E-state index is 12.0. The van der Waals surface area contributed by atoms with Gasteiger partial charge >= 0.3 is 0 Å². The van der Waals surface area contributed by atoms with Crippen molar-refractivity contribution in [2.75, 3.05) is 5.32 Å². The van der Waals surface area contributed by atoms with Crippen LogP contribution in [-0.2, 0) is 11.3 Å². The molecule has 2 saturated carbocycles. The molecule has 3 heteroatoms. The number of carbonyl (C=O) groups excluding carboxylic acids is 1. The van der Waals surface area contributed by atoms with E-state index in [2.05, 4.69) is 22.8 Å². The van der Waals surface area contributed by atoms with E-state index < -0.39 is 0 Å². The van der Waals surface area contributed by atoms with E-state index in [-0.39, 0.29) is 5.91 Å². The van der Waals surface area contributed by atoms with Crippen LogP contribution in [0.4, 0.5) is 5.69 Å². The summed E-state index contributed by atoms with van der Waals surface area (Å²) in [5.74, 6) is 0.944. The Morgan fingerprint density at radius 3 is 2.71 bits per heavy atom. The van der Waals surface area contributed by atoms with Gasteiger partial charge in [0.2, 0.25) is 5.91 Å². The summed E-state index contributed by atoms with van der Waals surface area (Å²) in [6.45, 7) is 0.899. The second-order valence-corrected chi connectivity index (χ2v) is 6.59. The van der Waals surface area contributed by atoms with Crippen molar-refractivity contribution in [3.05, 3.63) is 29.8 Å². The lowest BCUT2D eigenvalue weighted by atomic mass is 10.0. The summed E-state index contributed by atoms with van der Waals surface area (Å²) in [5.41, 5.74) is 2.18. The minimum atomic E-state index is 0.161. The van der Waals surface area contributed by atoms with E-state index in [1.807, 2.05) is 12.1 Å². The maximum Gasteiger partial charge on any atom is 0.224 e. The molecule has 3 rings (SSSR count). The molecule has 2 aliphatic rings. The zero-order valence-electron chi connectivity index (χ0n) is 12.7. The Balaban J connectivity index is 1.44. The van der Waals surface area contributed by atoms with Crippen molar-refractivity contribution >= 4 is 11.6 Å². The van der Waals surface area contributed by atoms with Crippen molar-refractivity contribution in [1.82, 2.24) is 5.32 Å². The van der Waals surface area contributed by atoms with Gasteiger partial charge in [-0.15, -0.1) is 0 Å². The van der Waals surface area contributed by atoms with Gasteiger partial charge in [0.05, 0.1) is 0 Å². The fourth-order valence-corrected chi connectivity index (χ4v) is 3.17. The molecule has 1 aromatic rings. The molecule has 21 heavy (non-hydrogen) atoms. The summed E-state index contributed by atoms with van der Waals surface area (Å²) in [6.07, 6.45) is 9.65. The Kier molecular flexibility index (Phi) is 4.91. The Morgan fingerprint density at radius 1 is 1.14 bits per heavy atom. The smallest absolute Gasteiger partial charge is 0.224 e. The quantitative estimate of drug-likeness (QED) is 0.799. The first-order chi connectivity index (χ1) is 10.3. The van der Waals surface area contributed by atoms with Crippen LogP contribution in [0.5, 0.6) is 0 Å². The third-order valence-electron chi connectivity index (χ3n) is 4.64. The molecule has 1 amide bonds. The minimum absolute atomic E-state index is 0.161. The number of carbonyl (C=O) groups is 1. The summed E-state index contributed by atoms with van der Waals surface area (Å²) in [5, 5.41) is 6.55. The lowest BCUT2D eigenvalue weighted by Crippen LogP contribution is -2.16. The fourth-order valence-electron chi connectivity index (χ4n) is 3.17. The summed E-state index contributed by atoms with van der Waals surface area (Å²) in [4.78, 5) is 12.0. The van der Waals surface area contributed by atoms with Crippen LogP contribution in [0, 0.1) is 5.92 Å². The molecule has 2 aliphatic carbocycles. The van der Waals surface area contributed by atoms with Crippen LogP contribution in [0.2, 0.25) is 0 Å². The molecule has 0 aromatic heterocycles. The average molecular weight is 286 g/mol. The number of hydrogen-bond acceptors (Lipinski definition) is 2. The molecule has 2 fully saturated rings. The molecular weight excluding hydrogens is 260 g/mol. The zero-order chi connectivity index (χ0) is 14.5. The van der Waals surface area contributed by atoms with Crippen LogP contribution < -0.4 is 10.6 Å². The van der Waals surface area contributed by atoms with Gasteiger partial charge < -0.3 is 10.6 Å². The Labute approximate surface area is 127 Å². The summed E-state index contributed by atoms with van der Waals surface area (Å²) < 4.78 is 0. The largest absolute Gasteiger partial charge is 0.326 e. The van der Waals surface area contributed by atoms with E-state index in [1.165, 1.54) is 44.1 Å². The second kappa shape index (κ2) is 7.08. The Hall–Kier alpha value is -1.35. The molecule has 1 aromatic carbocycles. The van der Waals surface area contributed by atoms with Gasteiger partial charge in [-0.25, -0.2) is 0 Å². The molecular formula is C18H26N2O. The maximum absolute atomic E-state index is 12.0. The van der Waals surface area contributed by atoms with Crippen molar-refractivity contribution < 1.29 is 4.79 Å². The van der Waals surface area contributed by atoms with Gasteiger partial charge in [0.1, 0.15) is 0 Å². The van der Waals surface area contributed by atoms with Crippen LogP contribution in [0.15, 0.2) is 24.3 Å². The van der Waals surface area contributed by atoms with E-state index in [9.17, 15) is 4.79 Å². The van der Waals surface area contributed by atoms with Gasteiger partial charge in [-0.05, 0) is 42.9 Å². The van der Waals surface area contributed by atoms with Crippen molar-refractivity contribution in [3.63, 3.8) is 0 Å². The first-order valence-corrected chi connectivity index (χ1v) is 8.42. The molecule has 0 radical (unpaired) electrons. The highest BCUT2D eigenvalue weighted by Crippen LogP contribution is 2.28. The summed E-state index contributed by atoms with van der Waals surface area (Å²) >= 11 is 0. The van der Waals surface area contributed by atoms with Crippen LogP contribution >= 0.6 is 0 Å². The molecule has 0 unspecified atom stereocenters. The van der Waals surface area contributed by atoms with Crippen molar-refractivity contribution in [2.45, 2.75) is 64.0 Å². The molecule has 0 spiro atoms. The van der Waals surface area contributed by atoms with Crippen molar-refractivity contribution in [3.8, 4) is 0 Å². The van der Waals surface area contributed by atoms with E-state index >= 15 is 0 Å². The van der Waals surface area contributed by atoms with E-state index in [4.69, 9.17) is 0 Å². The number of anilines is 1. The van der Waals surface area contributed by atoms with Gasteiger partial charge in [0, 0.05) is 24.7 Å². The molecule has 0 atom stereocenters. The third-order valence-corrected chi connectivity index (χ3v) is 4.64. The third kappa shape index (κ3) is 4.85. The number of hydrogen-bond donors (Lipinski definition) is 2. The molecule has 114 valence electrons. The second-order valence-electron chi connectivity index (χ2n) is 6.59. The molecule has 3 nitrogen and oxygen atoms in total. The summed E-state index contributed by atoms with van der Waals surface area (Å²) in [6, 6.07) is 8.92. The highest BCUT2D eigenvalue weighted by molar-refractivity contribution is 5.90. The zero-order valence-corrected chi connectivity index (χ0v) is 12.7. The van der Waals surface area contributed by atoms with E-state index in [0.29, 0.717) is 6.42 Å². The molecule has 0 bridgehead atoms. The fraction of sp³-hybridized carbons (Fsp3) is 0.611. The topological polar surface area (TPSA) is 41.1 Å². The number of amides is 1. The lowest BCUT2D eigenvalue weighted by Gasteiger charge is -2.10. The summed E-state index contributed by atoms with van der Waals surface area (Å²) in [7, 11) is 0. The van der Waals surface area contributed by atoms with Gasteiger partial charge in [0.25, 0.3) is 0 Å². The predicted octanol–water partition coefficient (Wildman–Crippen LogP) is 3.85. The average Bonchev–Trinajstić information content (AvgIpc) is 3.17. The SMILES string of the molecule is O=C(CCC1CCCC1)Nc1cccc(CNC2CC2)c1. The van der Waals surface area contributed by atoms with Crippen molar-refractivity contribution in [1.29, 1.82) is 0 Å². The normalized spacial score (nSPS) is 18.9. The number of benzene rings is 1. The molecule has 0 saturated heterocycles. The van der Waals surface area contributed by atoms with Gasteiger partial charge in [-0.3, -0.25) is 4.79 Å². The highest BCUT2D eigenvalue weighted by atomic mass is 16.1. The minimum Gasteiger partial charge on any atom is -0.326 e. The molecule has 0 heterocycles. The molecule has 0 aliphatic heterocycles. The highest BCUT2D eigenvalue weighted by Gasteiger charge is 2.20. The first kappa shape index (κ1) is 14.6. The van der Waals surface area contributed by atoms with Crippen LogP contribution in [0.3, 0.4) is 0 Å². The Bertz CT molecular complexity index is 476.